The molecule has 4 heteroatoms. The molecule has 0 N–H and O–H groups in total. The molecule has 0 bridgehead atoms. The Hall–Kier alpha value is -2.36. The van der Waals surface area contributed by atoms with E-state index in [0.717, 1.165) is 41.4 Å². The molecule has 3 rings (SSSR count). The molecule has 0 aliphatic heterocycles. The fourth-order valence-corrected chi connectivity index (χ4v) is 2.36. The van der Waals surface area contributed by atoms with Crippen LogP contribution in [-0.4, -0.2) is 20.6 Å². The Morgan fingerprint density at radius 3 is 2.84 bits per heavy atom. The van der Waals surface area contributed by atoms with E-state index in [9.17, 15) is 4.79 Å². The van der Waals surface area contributed by atoms with E-state index in [1.165, 1.54) is 0 Å². The fraction of sp³-hybridized carbons (Fsp3) is 0.200. The Labute approximate surface area is 111 Å². The lowest BCUT2D eigenvalue weighted by Gasteiger charge is -2.02. The number of rotatable bonds is 4. The van der Waals surface area contributed by atoms with Crippen molar-refractivity contribution >= 4 is 17.2 Å². The van der Waals surface area contributed by atoms with Gasteiger partial charge in [0.2, 0.25) is 0 Å². The third-order valence-corrected chi connectivity index (χ3v) is 3.31. The van der Waals surface area contributed by atoms with Gasteiger partial charge >= 0.3 is 0 Å². The van der Waals surface area contributed by atoms with Crippen molar-refractivity contribution in [1.29, 1.82) is 0 Å². The summed E-state index contributed by atoms with van der Waals surface area (Å²) in [5, 5.41) is 5.27. The van der Waals surface area contributed by atoms with Gasteiger partial charge in [-0.1, -0.05) is 18.2 Å². The van der Waals surface area contributed by atoms with Gasteiger partial charge < -0.3 is 4.57 Å². The third-order valence-electron chi connectivity index (χ3n) is 3.31. The van der Waals surface area contributed by atoms with Crippen LogP contribution in [-0.2, 0) is 13.1 Å². The zero-order valence-corrected chi connectivity index (χ0v) is 10.8. The molecule has 0 fully saturated rings. The molecule has 0 atom stereocenters. The van der Waals surface area contributed by atoms with Crippen LogP contribution in [0.4, 0.5) is 0 Å². The molecule has 2 heterocycles. The summed E-state index contributed by atoms with van der Waals surface area (Å²) >= 11 is 0. The number of benzene rings is 1. The van der Waals surface area contributed by atoms with Crippen LogP contribution < -0.4 is 0 Å². The SMILES string of the molecule is CCn1cc(Cn2cc(C=O)c3ccccc32)cn1. The summed E-state index contributed by atoms with van der Waals surface area (Å²) in [5.74, 6) is 0. The summed E-state index contributed by atoms with van der Waals surface area (Å²) in [7, 11) is 0. The first-order chi connectivity index (χ1) is 9.31. The van der Waals surface area contributed by atoms with Crippen LogP contribution in [0.2, 0.25) is 0 Å². The van der Waals surface area contributed by atoms with Crippen LogP contribution in [0, 0.1) is 0 Å². The van der Waals surface area contributed by atoms with E-state index < -0.39 is 0 Å². The second-order valence-electron chi connectivity index (χ2n) is 4.55. The van der Waals surface area contributed by atoms with Crippen molar-refractivity contribution in [3.63, 3.8) is 0 Å². The predicted molar refractivity (Wildman–Crippen MR) is 74.3 cm³/mol. The Balaban J connectivity index is 2.02. The van der Waals surface area contributed by atoms with E-state index in [1.807, 2.05) is 47.5 Å². The smallest absolute Gasteiger partial charge is 0.152 e. The maximum Gasteiger partial charge on any atom is 0.152 e. The van der Waals surface area contributed by atoms with Crippen molar-refractivity contribution in [3.05, 3.63) is 54.0 Å². The molecule has 1 aromatic carbocycles. The van der Waals surface area contributed by atoms with Gasteiger partial charge in [0.05, 0.1) is 12.7 Å². The molecular weight excluding hydrogens is 238 g/mol. The zero-order valence-electron chi connectivity index (χ0n) is 10.8. The van der Waals surface area contributed by atoms with E-state index in [2.05, 4.69) is 16.6 Å². The molecule has 0 radical (unpaired) electrons. The largest absolute Gasteiger partial charge is 0.342 e. The van der Waals surface area contributed by atoms with Crippen molar-refractivity contribution in [2.75, 3.05) is 0 Å². The molecule has 0 amide bonds. The van der Waals surface area contributed by atoms with Gasteiger partial charge in [0.25, 0.3) is 0 Å². The number of carbonyl (C=O) groups excluding carboxylic acids is 1. The highest BCUT2D eigenvalue weighted by Crippen LogP contribution is 2.20. The molecule has 0 saturated carbocycles. The van der Waals surface area contributed by atoms with Gasteiger partial charge in [0.15, 0.2) is 6.29 Å². The lowest BCUT2D eigenvalue weighted by Crippen LogP contribution is -1.97. The van der Waals surface area contributed by atoms with Crippen LogP contribution in [0.15, 0.2) is 42.9 Å². The van der Waals surface area contributed by atoms with Crippen LogP contribution in [0.5, 0.6) is 0 Å². The predicted octanol–water partition coefficient (Wildman–Crippen LogP) is 2.72. The lowest BCUT2D eigenvalue weighted by atomic mass is 10.2. The summed E-state index contributed by atoms with van der Waals surface area (Å²) in [6.07, 6.45) is 6.73. The molecule has 3 aromatic rings. The highest BCUT2D eigenvalue weighted by atomic mass is 16.1. The minimum atomic E-state index is 0.731. The number of hydrogen-bond acceptors (Lipinski definition) is 2. The molecule has 0 unspecified atom stereocenters. The highest BCUT2D eigenvalue weighted by molar-refractivity contribution is 5.97. The summed E-state index contributed by atoms with van der Waals surface area (Å²) < 4.78 is 4.00. The minimum Gasteiger partial charge on any atom is -0.342 e. The van der Waals surface area contributed by atoms with Gasteiger partial charge in [-0.25, -0.2) is 0 Å². The van der Waals surface area contributed by atoms with E-state index in [1.54, 1.807) is 0 Å². The van der Waals surface area contributed by atoms with Gasteiger partial charge in [0, 0.05) is 41.0 Å². The second-order valence-corrected chi connectivity index (χ2v) is 4.55. The number of para-hydroxylation sites is 1. The van der Waals surface area contributed by atoms with Crippen LogP contribution in [0.1, 0.15) is 22.8 Å². The minimum absolute atomic E-state index is 0.731. The van der Waals surface area contributed by atoms with E-state index in [4.69, 9.17) is 0 Å². The molecule has 0 aliphatic carbocycles. The van der Waals surface area contributed by atoms with E-state index in [0.29, 0.717) is 0 Å². The number of carbonyl (C=O) groups is 1. The summed E-state index contributed by atoms with van der Waals surface area (Å²) in [6.45, 7) is 3.66. The van der Waals surface area contributed by atoms with Crippen molar-refractivity contribution in [3.8, 4) is 0 Å². The standard InChI is InChI=1S/C15H15N3O/c1-2-18-9-12(7-16-18)8-17-10-13(11-19)14-5-3-4-6-15(14)17/h3-7,9-11H,2,8H2,1H3. The molecule has 0 aliphatic rings. The lowest BCUT2D eigenvalue weighted by molar-refractivity contribution is 0.112. The Morgan fingerprint density at radius 2 is 2.11 bits per heavy atom. The van der Waals surface area contributed by atoms with Gasteiger partial charge in [-0.05, 0) is 13.0 Å². The number of fused-ring (bicyclic) bond motifs is 1. The third kappa shape index (κ3) is 2.05. The quantitative estimate of drug-likeness (QED) is 0.671. The topological polar surface area (TPSA) is 39.8 Å². The monoisotopic (exact) mass is 253 g/mol. The number of aryl methyl sites for hydroxylation is 1. The van der Waals surface area contributed by atoms with Crippen LogP contribution in [0.3, 0.4) is 0 Å². The molecule has 4 nitrogen and oxygen atoms in total. The second kappa shape index (κ2) is 4.72. The summed E-state index contributed by atoms with van der Waals surface area (Å²) in [5.41, 5.74) is 2.95. The van der Waals surface area contributed by atoms with Crippen molar-refractivity contribution in [2.24, 2.45) is 0 Å². The Kier molecular flexibility index (Phi) is 2.91. The summed E-state index contributed by atoms with van der Waals surface area (Å²) in [4.78, 5) is 11.1. The first-order valence-corrected chi connectivity index (χ1v) is 6.36. The molecular formula is C15H15N3O. The molecule has 19 heavy (non-hydrogen) atoms. The van der Waals surface area contributed by atoms with E-state index >= 15 is 0 Å². The van der Waals surface area contributed by atoms with Crippen molar-refractivity contribution in [1.82, 2.24) is 14.3 Å². The highest BCUT2D eigenvalue weighted by Gasteiger charge is 2.08. The number of hydrogen-bond donors (Lipinski definition) is 0. The first kappa shape index (κ1) is 11.7. The van der Waals surface area contributed by atoms with Gasteiger partial charge in [-0.3, -0.25) is 9.48 Å². The Bertz CT molecular complexity index is 724. The average Bonchev–Trinajstić information content (AvgIpc) is 3.04. The molecule has 2 aromatic heterocycles. The molecule has 96 valence electrons. The normalized spacial score (nSPS) is 11.0. The zero-order chi connectivity index (χ0) is 13.2. The van der Waals surface area contributed by atoms with Gasteiger partial charge in [-0.15, -0.1) is 0 Å². The molecule has 0 saturated heterocycles. The number of nitrogens with zero attached hydrogens (tertiary/aromatic N) is 3. The Morgan fingerprint density at radius 1 is 1.26 bits per heavy atom. The first-order valence-electron chi connectivity index (χ1n) is 6.36. The fourth-order valence-electron chi connectivity index (χ4n) is 2.36. The van der Waals surface area contributed by atoms with Gasteiger partial charge in [-0.2, -0.15) is 5.10 Å². The van der Waals surface area contributed by atoms with Crippen molar-refractivity contribution in [2.45, 2.75) is 20.0 Å². The van der Waals surface area contributed by atoms with Crippen molar-refractivity contribution < 1.29 is 4.79 Å². The van der Waals surface area contributed by atoms with Crippen LogP contribution >= 0.6 is 0 Å². The van der Waals surface area contributed by atoms with Crippen LogP contribution in [0.25, 0.3) is 10.9 Å². The average molecular weight is 253 g/mol. The van der Waals surface area contributed by atoms with Gasteiger partial charge in [0.1, 0.15) is 0 Å². The van der Waals surface area contributed by atoms with E-state index in [-0.39, 0.29) is 0 Å². The maximum absolute atomic E-state index is 11.1. The molecule has 0 spiro atoms. The number of aromatic nitrogens is 3. The maximum atomic E-state index is 11.1. The number of aldehydes is 1. The summed E-state index contributed by atoms with van der Waals surface area (Å²) in [6, 6.07) is 7.95.